The van der Waals surface area contributed by atoms with Crippen molar-refractivity contribution in [2.75, 3.05) is 5.32 Å². The Morgan fingerprint density at radius 2 is 2.05 bits per heavy atom. The first-order chi connectivity index (χ1) is 10.1. The summed E-state index contributed by atoms with van der Waals surface area (Å²) in [4.78, 5) is 10.5. The van der Waals surface area contributed by atoms with Gasteiger partial charge in [-0.1, -0.05) is 24.3 Å². The van der Waals surface area contributed by atoms with Crippen LogP contribution in [0, 0.1) is 23.0 Å². The molecule has 4 heteroatoms. The van der Waals surface area contributed by atoms with Gasteiger partial charge in [0.05, 0.1) is 4.92 Å². The first kappa shape index (κ1) is 12.4. The molecule has 1 saturated carbocycles. The molecule has 0 aliphatic heterocycles. The van der Waals surface area contributed by atoms with Crippen LogP contribution in [0.1, 0.15) is 22.6 Å². The number of benzene rings is 2. The van der Waals surface area contributed by atoms with Crippen molar-refractivity contribution in [2.45, 2.75) is 25.3 Å². The molecule has 1 N–H and O–H groups in total. The van der Waals surface area contributed by atoms with Crippen LogP contribution >= 0.6 is 0 Å². The predicted octanol–water partition coefficient (Wildman–Crippen LogP) is 3.65. The highest BCUT2D eigenvalue weighted by Crippen LogP contribution is 2.57. The van der Waals surface area contributed by atoms with Gasteiger partial charge in [-0.15, -0.1) is 0 Å². The number of nitrogens with zero attached hydrogens (tertiary/aromatic N) is 1. The summed E-state index contributed by atoms with van der Waals surface area (Å²) in [6.45, 7) is 1.78. The van der Waals surface area contributed by atoms with Crippen molar-refractivity contribution in [3.8, 4) is 0 Å². The van der Waals surface area contributed by atoms with Gasteiger partial charge in [-0.25, -0.2) is 0 Å². The minimum absolute atomic E-state index is 0.182. The minimum atomic E-state index is -0.332. The maximum atomic E-state index is 10.8. The summed E-state index contributed by atoms with van der Waals surface area (Å²) in [5.41, 5.74) is 4.82. The third kappa shape index (κ3) is 1.90. The lowest BCUT2D eigenvalue weighted by Gasteiger charge is -2.11. The van der Waals surface area contributed by atoms with Crippen LogP contribution in [-0.4, -0.2) is 11.0 Å². The topological polar surface area (TPSA) is 55.2 Å². The molecule has 1 fully saturated rings. The molecule has 0 heterocycles. The van der Waals surface area contributed by atoms with Crippen molar-refractivity contribution in [3.63, 3.8) is 0 Å². The van der Waals surface area contributed by atoms with Gasteiger partial charge >= 0.3 is 0 Å². The molecule has 0 amide bonds. The quantitative estimate of drug-likeness (QED) is 0.689. The average Bonchev–Trinajstić information content (AvgIpc) is 2.96. The highest BCUT2D eigenvalue weighted by molar-refractivity contribution is 5.57. The third-order valence-corrected chi connectivity index (χ3v) is 4.77. The van der Waals surface area contributed by atoms with E-state index in [1.165, 1.54) is 11.1 Å². The molecule has 4 rings (SSSR count). The summed E-state index contributed by atoms with van der Waals surface area (Å²) in [6.07, 6.45) is 1.14. The Balaban J connectivity index is 1.53. The van der Waals surface area contributed by atoms with Gasteiger partial charge < -0.3 is 5.32 Å². The molecule has 0 bridgehead atoms. The Bertz CT molecular complexity index is 741. The van der Waals surface area contributed by atoms with E-state index < -0.39 is 0 Å². The third-order valence-electron chi connectivity index (χ3n) is 4.77. The van der Waals surface area contributed by atoms with Gasteiger partial charge in [-0.05, 0) is 42.5 Å². The van der Waals surface area contributed by atoms with Crippen LogP contribution in [0.5, 0.6) is 0 Å². The van der Waals surface area contributed by atoms with E-state index >= 15 is 0 Å². The Morgan fingerprint density at radius 3 is 2.81 bits per heavy atom. The van der Waals surface area contributed by atoms with Crippen LogP contribution in [-0.2, 0) is 6.42 Å². The Labute approximate surface area is 123 Å². The van der Waals surface area contributed by atoms with Crippen molar-refractivity contribution in [1.82, 2.24) is 0 Å². The molecule has 21 heavy (non-hydrogen) atoms. The second-order valence-electron chi connectivity index (χ2n) is 6.02. The highest BCUT2D eigenvalue weighted by Gasteiger charge is 2.55. The lowest BCUT2D eigenvalue weighted by atomic mass is 10.0. The van der Waals surface area contributed by atoms with Gasteiger partial charge in [0, 0.05) is 29.3 Å². The summed E-state index contributed by atoms with van der Waals surface area (Å²) in [7, 11) is 0. The Morgan fingerprint density at radius 1 is 1.24 bits per heavy atom. The number of hydrogen-bond donors (Lipinski definition) is 1. The molecule has 0 aromatic heterocycles. The number of anilines is 1. The molecule has 2 aliphatic carbocycles. The predicted molar refractivity (Wildman–Crippen MR) is 81.6 cm³/mol. The molecule has 2 aromatic carbocycles. The number of nitro benzene ring substituents is 1. The van der Waals surface area contributed by atoms with E-state index in [0.717, 1.165) is 12.1 Å². The molecular formula is C17H16N2O2. The van der Waals surface area contributed by atoms with Gasteiger partial charge in [0.2, 0.25) is 0 Å². The molecule has 2 aliphatic rings. The SMILES string of the molecule is Cc1cc(NC2C3Cc4ccccc4C32)ccc1[N+](=O)[O-]. The minimum Gasteiger partial charge on any atom is -0.381 e. The van der Waals surface area contributed by atoms with Crippen LogP contribution in [0.25, 0.3) is 0 Å². The van der Waals surface area contributed by atoms with Crippen molar-refractivity contribution in [2.24, 2.45) is 5.92 Å². The molecule has 0 radical (unpaired) electrons. The number of nitro groups is 1. The number of fused-ring (bicyclic) bond motifs is 3. The summed E-state index contributed by atoms with van der Waals surface area (Å²) in [6, 6.07) is 14.4. The zero-order chi connectivity index (χ0) is 14.6. The molecule has 0 spiro atoms. The molecule has 3 atom stereocenters. The van der Waals surface area contributed by atoms with Crippen LogP contribution in [0.4, 0.5) is 11.4 Å². The number of aryl methyl sites for hydroxylation is 1. The van der Waals surface area contributed by atoms with Crippen molar-refractivity contribution >= 4 is 11.4 Å². The Hall–Kier alpha value is -2.36. The lowest BCUT2D eigenvalue weighted by molar-refractivity contribution is -0.385. The normalized spacial score (nSPS) is 25.1. The summed E-state index contributed by atoms with van der Waals surface area (Å²) in [5, 5.41) is 14.4. The maximum absolute atomic E-state index is 10.8. The molecule has 2 aromatic rings. The summed E-state index contributed by atoms with van der Waals surface area (Å²) >= 11 is 0. The van der Waals surface area contributed by atoms with Crippen LogP contribution in [0.3, 0.4) is 0 Å². The van der Waals surface area contributed by atoms with Gasteiger partial charge in [0.15, 0.2) is 0 Å². The lowest BCUT2D eigenvalue weighted by Crippen LogP contribution is -2.10. The number of rotatable bonds is 3. The fourth-order valence-electron chi connectivity index (χ4n) is 3.69. The second kappa shape index (κ2) is 4.32. The van der Waals surface area contributed by atoms with Crippen molar-refractivity contribution in [3.05, 3.63) is 69.3 Å². The molecule has 3 unspecified atom stereocenters. The summed E-state index contributed by atoms with van der Waals surface area (Å²) in [5.74, 6) is 1.29. The van der Waals surface area contributed by atoms with Crippen LogP contribution < -0.4 is 5.32 Å². The fourth-order valence-corrected chi connectivity index (χ4v) is 3.69. The van der Waals surface area contributed by atoms with E-state index in [4.69, 9.17) is 0 Å². The summed E-state index contributed by atoms with van der Waals surface area (Å²) < 4.78 is 0. The average molecular weight is 280 g/mol. The van der Waals surface area contributed by atoms with Crippen molar-refractivity contribution < 1.29 is 4.92 Å². The maximum Gasteiger partial charge on any atom is 0.272 e. The fraction of sp³-hybridized carbons (Fsp3) is 0.294. The van der Waals surface area contributed by atoms with E-state index in [-0.39, 0.29) is 10.6 Å². The van der Waals surface area contributed by atoms with Gasteiger partial charge in [0.1, 0.15) is 0 Å². The van der Waals surface area contributed by atoms with Gasteiger partial charge in [0.25, 0.3) is 5.69 Å². The number of hydrogen-bond acceptors (Lipinski definition) is 3. The first-order valence-corrected chi connectivity index (χ1v) is 7.24. The molecule has 4 nitrogen and oxygen atoms in total. The Kier molecular flexibility index (Phi) is 2.55. The van der Waals surface area contributed by atoms with E-state index in [9.17, 15) is 10.1 Å². The largest absolute Gasteiger partial charge is 0.381 e. The van der Waals surface area contributed by atoms with Crippen molar-refractivity contribution in [1.29, 1.82) is 0 Å². The van der Waals surface area contributed by atoms with E-state index in [0.29, 0.717) is 23.4 Å². The first-order valence-electron chi connectivity index (χ1n) is 7.24. The zero-order valence-electron chi connectivity index (χ0n) is 11.7. The monoisotopic (exact) mass is 280 g/mol. The van der Waals surface area contributed by atoms with Gasteiger partial charge in [-0.2, -0.15) is 0 Å². The van der Waals surface area contributed by atoms with Crippen LogP contribution in [0.15, 0.2) is 42.5 Å². The molecule has 106 valence electrons. The van der Waals surface area contributed by atoms with E-state index in [1.54, 1.807) is 13.0 Å². The molecular weight excluding hydrogens is 264 g/mol. The smallest absolute Gasteiger partial charge is 0.272 e. The van der Waals surface area contributed by atoms with E-state index in [1.807, 2.05) is 12.1 Å². The molecule has 0 saturated heterocycles. The highest BCUT2D eigenvalue weighted by atomic mass is 16.6. The zero-order valence-corrected chi connectivity index (χ0v) is 11.7. The number of nitrogens with one attached hydrogen (secondary N) is 1. The second-order valence-corrected chi connectivity index (χ2v) is 6.02. The standard InChI is InChI=1S/C17H16N2O2/c1-10-8-12(6-7-15(10)19(20)21)18-17-14-9-11-4-2-3-5-13(11)16(14)17/h2-8,14,16-18H,9H2,1H3. The van der Waals surface area contributed by atoms with Crippen LogP contribution in [0.2, 0.25) is 0 Å². The van der Waals surface area contributed by atoms with Gasteiger partial charge in [-0.3, -0.25) is 10.1 Å². The van der Waals surface area contributed by atoms with E-state index in [2.05, 4.69) is 29.6 Å².